The van der Waals surface area contributed by atoms with Gasteiger partial charge in [-0.2, -0.15) is 0 Å². The lowest BCUT2D eigenvalue weighted by molar-refractivity contribution is 0.832. The molecule has 0 aromatic carbocycles. The largest absolute Gasteiger partial charge is 0.330 e. The Hall–Kier alpha value is -0.870. The van der Waals surface area contributed by atoms with E-state index in [1.54, 1.807) is 0 Å². The number of imidazole rings is 1. The number of fused-ring (bicyclic) bond motifs is 1. The van der Waals surface area contributed by atoms with Crippen LogP contribution in [0.3, 0.4) is 0 Å². The number of aromatic nitrogens is 2. The first-order chi connectivity index (χ1) is 7.24. The van der Waals surface area contributed by atoms with E-state index in [0.717, 1.165) is 29.8 Å². The molecule has 15 heavy (non-hydrogen) atoms. The van der Waals surface area contributed by atoms with Crippen molar-refractivity contribution in [2.24, 2.45) is 5.73 Å². The summed E-state index contributed by atoms with van der Waals surface area (Å²) in [6.07, 6.45) is 4.05. The van der Waals surface area contributed by atoms with E-state index in [9.17, 15) is 0 Å². The third-order valence-corrected chi connectivity index (χ3v) is 3.08. The lowest BCUT2D eigenvalue weighted by Gasteiger charge is -2.04. The molecule has 2 N–H and O–H groups in total. The first-order valence-electron chi connectivity index (χ1n) is 5.06. The van der Waals surface area contributed by atoms with E-state index in [0.29, 0.717) is 0 Å². The molecule has 0 saturated heterocycles. The molecule has 2 aromatic heterocycles. The Morgan fingerprint density at radius 2 is 2.33 bits per heavy atom. The lowest BCUT2D eigenvalue weighted by Crippen LogP contribution is -2.01. The first-order valence-corrected chi connectivity index (χ1v) is 5.85. The smallest absolute Gasteiger partial charge is 0.132 e. The zero-order valence-electron chi connectivity index (χ0n) is 8.70. The van der Waals surface area contributed by atoms with Crippen LogP contribution in [0.15, 0.2) is 22.9 Å². The van der Waals surface area contributed by atoms with Crippen LogP contribution in [-0.2, 0) is 6.42 Å². The van der Waals surface area contributed by atoms with Crippen LogP contribution in [-0.4, -0.2) is 15.9 Å². The van der Waals surface area contributed by atoms with Crippen molar-refractivity contribution >= 4 is 21.4 Å². The highest BCUT2D eigenvalue weighted by Gasteiger charge is 2.09. The lowest BCUT2D eigenvalue weighted by atomic mass is 10.1. The molecule has 80 valence electrons. The van der Waals surface area contributed by atoms with Crippen molar-refractivity contribution in [1.82, 2.24) is 9.38 Å². The van der Waals surface area contributed by atoms with Crippen LogP contribution in [0.2, 0.25) is 0 Å². The highest BCUT2D eigenvalue weighted by Crippen LogP contribution is 2.23. The molecule has 0 bridgehead atoms. The Balaban J connectivity index is 2.54. The minimum Gasteiger partial charge on any atom is -0.330 e. The number of nitrogens with two attached hydrogens (primary N) is 1. The molecule has 4 heteroatoms. The molecule has 0 saturated carbocycles. The standard InChI is InChI=1S/C11H14BrN3/c1-8-14-11(12)10-9(4-2-6-13)5-3-7-15(8)10/h3,5,7H,2,4,6,13H2,1H3. The topological polar surface area (TPSA) is 43.3 Å². The van der Waals surface area contributed by atoms with Crippen LogP contribution >= 0.6 is 15.9 Å². The van der Waals surface area contributed by atoms with E-state index in [2.05, 4.69) is 37.4 Å². The van der Waals surface area contributed by atoms with Crippen molar-refractivity contribution in [3.8, 4) is 0 Å². The second kappa shape index (κ2) is 4.33. The van der Waals surface area contributed by atoms with Gasteiger partial charge in [-0.1, -0.05) is 6.07 Å². The van der Waals surface area contributed by atoms with E-state index in [-0.39, 0.29) is 0 Å². The van der Waals surface area contributed by atoms with Crippen molar-refractivity contribution in [3.63, 3.8) is 0 Å². The molecule has 0 atom stereocenters. The molecule has 3 nitrogen and oxygen atoms in total. The minimum absolute atomic E-state index is 0.728. The Bertz CT molecular complexity index is 476. The third kappa shape index (κ3) is 1.92. The maximum Gasteiger partial charge on any atom is 0.132 e. The zero-order chi connectivity index (χ0) is 10.8. The average molecular weight is 268 g/mol. The highest BCUT2D eigenvalue weighted by molar-refractivity contribution is 9.10. The second-order valence-electron chi connectivity index (χ2n) is 3.59. The van der Waals surface area contributed by atoms with E-state index < -0.39 is 0 Å². The van der Waals surface area contributed by atoms with Crippen molar-refractivity contribution in [3.05, 3.63) is 34.3 Å². The Kier molecular flexibility index (Phi) is 3.07. The molecule has 2 heterocycles. The van der Waals surface area contributed by atoms with E-state index in [1.165, 1.54) is 11.1 Å². The Labute approximate surface area is 97.4 Å². The normalized spacial score (nSPS) is 11.1. The van der Waals surface area contributed by atoms with Gasteiger partial charge >= 0.3 is 0 Å². The summed E-state index contributed by atoms with van der Waals surface area (Å²) in [6, 6.07) is 4.19. The predicted molar refractivity (Wildman–Crippen MR) is 65.0 cm³/mol. The van der Waals surface area contributed by atoms with Crippen LogP contribution in [0.5, 0.6) is 0 Å². The van der Waals surface area contributed by atoms with Crippen molar-refractivity contribution in [1.29, 1.82) is 0 Å². The fourth-order valence-corrected chi connectivity index (χ4v) is 2.50. The van der Waals surface area contributed by atoms with Crippen LogP contribution < -0.4 is 5.73 Å². The van der Waals surface area contributed by atoms with Gasteiger partial charge in [0.2, 0.25) is 0 Å². The van der Waals surface area contributed by atoms with Gasteiger partial charge in [-0.25, -0.2) is 4.98 Å². The number of aryl methyl sites for hydroxylation is 2. The summed E-state index contributed by atoms with van der Waals surface area (Å²) in [5.41, 5.74) is 8.00. The van der Waals surface area contributed by atoms with Gasteiger partial charge in [-0.15, -0.1) is 0 Å². The monoisotopic (exact) mass is 267 g/mol. The van der Waals surface area contributed by atoms with Crippen molar-refractivity contribution in [2.45, 2.75) is 19.8 Å². The first kappa shape index (κ1) is 10.6. The van der Waals surface area contributed by atoms with E-state index in [1.807, 2.05) is 13.1 Å². The van der Waals surface area contributed by atoms with Gasteiger partial charge in [0.05, 0.1) is 5.52 Å². The molecule has 0 aliphatic rings. The molecule has 0 aliphatic carbocycles. The summed E-state index contributed by atoms with van der Waals surface area (Å²) in [6.45, 7) is 2.73. The quantitative estimate of drug-likeness (QED) is 0.928. The summed E-state index contributed by atoms with van der Waals surface area (Å²) < 4.78 is 3.03. The molecule has 2 aromatic rings. The Morgan fingerprint density at radius 1 is 1.53 bits per heavy atom. The summed E-state index contributed by atoms with van der Waals surface area (Å²) in [5, 5.41) is 0. The number of nitrogens with zero attached hydrogens (tertiary/aromatic N) is 2. The average Bonchev–Trinajstić information content (AvgIpc) is 2.53. The number of hydrogen-bond donors (Lipinski definition) is 1. The van der Waals surface area contributed by atoms with Gasteiger partial charge in [0, 0.05) is 6.20 Å². The summed E-state index contributed by atoms with van der Waals surface area (Å²) >= 11 is 3.50. The van der Waals surface area contributed by atoms with Gasteiger partial charge < -0.3 is 10.1 Å². The van der Waals surface area contributed by atoms with Crippen molar-refractivity contribution in [2.75, 3.05) is 6.54 Å². The van der Waals surface area contributed by atoms with Gasteiger partial charge in [0.25, 0.3) is 0 Å². The molecular weight excluding hydrogens is 254 g/mol. The highest BCUT2D eigenvalue weighted by atomic mass is 79.9. The molecule has 2 rings (SSSR count). The maximum absolute atomic E-state index is 5.53. The minimum atomic E-state index is 0.728. The number of rotatable bonds is 3. The maximum atomic E-state index is 5.53. The van der Waals surface area contributed by atoms with Gasteiger partial charge in [0.1, 0.15) is 10.4 Å². The Morgan fingerprint density at radius 3 is 3.07 bits per heavy atom. The molecular formula is C11H14BrN3. The van der Waals surface area contributed by atoms with Gasteiger partial charge in [-0.3, -0.25) is 0 Å². The summed E-state index contributed by atoms with van der Waals surface area (Å²) in [5.74, 6) is 1.01. The van der Waals surface area contributed by atoms with Crippen molar-refractivity contribution < 1.29 is 0 Å². The molecule has 0 spiro atoms. The van der Waals surface area contributed by atoms with Crippen LogP contribution in [0.25, 0.3) is 5.52 Å². The summed E-state index contributed by atoms with van der Waals surface area (Å²) in [7, 11) is 0. The molecule has 0 amide bonds. The number of halogens is 1. The number of hydrogen-bond acceptors (Lipinski definition) is 2. The van der Waals surface area contributed by atoms with Crippen LogP contribution in [0.1, 0.15) is 17.8 Å². The predicted octanol–water partition coefficient (Wildman–Crippen LogP) is 2.30. The van der Waals surface area contributed by atoms with Gasteiger partial charge in [0.15, 0.2) is 0 Å². The fourth-order valence-electron chi connectivity index (χ4n) is 1.80. The molecule has 0 unspecified atom stereocenters. The summed E-state index contributed by atoms with van der Waals surface area (Å²) in [4.78, 5) is 4.41. The fraction of sp³-hybridized carbons (Fsp3) is 0.364. The second-order valence-corrected chi connectivity index (χ2v) is 4.35. The third-order valence-electron chi connectivity index (χ3n) is 2.53. The van der Waals surface area contributed by atoms with Crippen LogP contribution in [0, 0.1) is 6.92 Å². The molecule has 0 aliphatic heterocycles. The van der Waals surface area contributed by atoms with Crippen LogP contribution in [0.4, 0.5) is 0 Å². The van der Waals surface area contributed by atoms with E-state index >= 15 is 0 Å². The number of pyridine rings is 1. The molecule has 0 fully saturated rings. The SMILES string of the molecule is Cc1nc(Br)c2c(CCCN)cccn12. The zero-order valence-corrected chi connectivity index (χ0v) is 10.3. The van der Waals surface area contributed by atoms with Gasteiger partial charge in [-0.05, 0) is 53.9 Å². The van der Waals surface area contributed by atoms with E-state index in [4.69, 9.17) is 5.73 Å². The molecule has 0 radical (unpaired) electrons.